The zero-order chi connectivity index (χ0) is 22.5. The third-order valence-corrected chi connectivity index (χ3v) is 6.72. The van der Waals surface area contributed by atoms with E-state index in [0.717, 1.165) is 11.1 Å². The molecule has 0 spiro atoms. The molecule has 1 aliphatic heterocycles. The summed E-state index contributed by atoms with van der Waals surface area (Å²) in [5, 5.41) is 3.31. The number of amides is 1. The van der Waals surface area contributed by atoms with Gasteiger partial charge in [-0.1, -0.05) is 29.8 Å². The molecule has 1 amide bonds. The maximum Gasteiger partial charge on any atom is 0.255 e. The molecule has 7 nitrogen and oxygen atoms in total. The van der Waals surface area contributed by atoms with Crippen molar-refractivity contribution >= 4 is 32.6 Å². The van der Waals surface area contributed by atoms with Crippen molar-refractivity contribution in [1.82, 2.24) is 5.32 Å². The lowest BCUT2D eigenvalue weighted by Gasteiger charge is -2.23. The van der Waals surface area contributed by atoms with E-state index in [0.29, 0.717) is 33.5 Å². The highest BCUT2D eigenvalue weighted by Gasteiger charge is 2.32. The molecule has 2 aromatic carbocycles. The number of rotatable bonds is 3. The molecule has 2 unspecified atom stereocenters. The van der Waals surface area contributed by atoms with Gasteiger partial charge >= 0.3 is 0 Å². The van der Waals surface area contributed by atoms with Crippen LogP contribution >= 0.6 is 0 Å². The summed E-state index contributed by atoms with van der Waals surface area (Å²) in [6.07, 6.45) is 0.542. The Morgan fingerprint density at radius 1 is 1.16 bits per heavy atom. The Morgan fingerprint density at radius 2 is 1.84 bits per heavy atom. The summed E-state index contributed by atoms with van der Waals surface area (Å²) in [4.78, 5) is 12.8. The smallest absolute Gasteiger partial charge is 0.255 e. The summed E-state index contributed by atoms with van der Waals surface area (Å²) in [5.41, 5.74) is 3.94. The number of hydrogen-bond acceptors (Lipinski definition) is 5. The van der Waals surface area contributed by atoms with Gasteiger partial charge in [-0.15, -0.1) is 0 Å². The van der Waals surface area contributed by atoms with Crippen molar-refractivity contribution in [2.24, 2.45) is 0 Å². The maximum absolute atomic E-state index is 12.8. The molecule has 0 radical (unpaired) electrons. The van der Waals surface area contributed by atoms with Crippen molar-refractivity contribution in [2.45, 2.75) is 33.0 Å². The van der Waals surface area contributed by atoms with E-state index in [4.69, 9.17) is 9.15 Å². The van der Waals surface area contributed by atoms with E-state index in [2.05, 4.69) is 5.32 Å². The molecule has 3 aromatic rings. The summed E-state index contributed by atoms with van der Waals surface area (Å²) in [7, 11) is -1.96. The average molecular weight is 443 g/mol. The Labute approximate surface area is 182 Å². The van der Waals surface area contributed by atoms with E-state index in [1.54, 1.807) is 13.1 Å². The largest absolute Gasteiger partial charge is 0.455 e. The van der Waals surface area contributed by atoms with Crippen molar-refractivity contribution in [2.75, 3.05) is 24.2 Å². The first-order valence-corrected chi connectivity index (χ1v) is 12.0. The van der Waals surface area contributed by atoms with Gasteiger partial charge in [0.15, 0.2) is 0 Å². The fraction of sp³-hybridized carbons (Fsp3) is 0.348. The van der Waals surface area contributed by atoms with Gasteiger partial charge in [-0.3, -0.25) is 9.10 Å². The summed E-state index contributed by atoms with van der Waals surface area (Å²) in [5.74, 6) is 0.173. The number of furan rings is 1. The van der Waals surface area contributed by atoms with Crippen LogP contribution in [-0.2, 0) is 14.8 Å². The number of nitrogens with zero attached hydrogens (tertiary/aromatic N) is 1. The molecule has 4 rings (SSSR count). The predicted octanol–water partition coefficient (Wildman–Crippen LogP) is 4.01. The number of fused-ring (bicyclic) bond motifs is 2. The van der Waals surface area contributed by atoms with Crippen LogP contribution in [0.1, 0.15) is 41.4 Å². The lowest BCUT2D eigenvalue weighted by molar-refractivity contribution is 0.0175. The van der Waals surface area contributed by atoms with Crippen LogP contribution in [-0.4, -0.2) is 40.3 Å². The van der Waals surface area contributed by atoms with Crippen LogP contribution in [0, 0.1) is 6.92 Å². The fourth-order valence-corrected chi connectivity index (χ4v) is 5.06. The lowest BCUT2D eigenvalue weighted by atomic mass is 10.00. The average Bonchev–Trinajstić information content (AvgIpc) is 3.02. The zero-order valence-electron chi connectivity index (χ0n) is 18.2. The SMILES string of the molecule is CNC(=O)c1c(-c2ccc(C)cc2)oc2cc3c(cc12)C(C)OC(C)CN3S(C)(=O)=O. The number of carbonyl (C=O) groups excluding carboxylic acids is 1. The van der Waals surface area contributed by atoms with Crippen molar-refractivity contribution < 1.29 is 22.4 Å². The minimum Gasteiger partial charge on any atom is -0.455 e. The Morgan fingerprint density at radius 3 is 2.45 bits per heavy atom. The van der Waals surface area contributed by atoms with Crippen LogP contribution in [0.5, 0.6) is 0 Å². The van der Waals surface area contributed by atoms with Gasteiger partial charge in [-0.05, 0) is 26.8 Å². The molecule has 2 heterocycles. The highest BCUT2D eigenvalue weighted by atomic mass is 32.2. The molecular formula is C23H26N2O5S. The standard InChI is InChI=1S/C23H26N2O5S/c1-13-6-8-16(9-7-13)22-21(23(26)24-4)18-10-17-15(3)29-14(2)12-25(31(5,27)28)19(17)11-20(18)30-22/h6-11,14-15H,12H2,1-5H3,(H,24,26). The van der Waals surface area contributed by atoms with Crippen molar-refractivity contribution in [1.29, 1.82) is 0 Å². The molecule has 1 N–H and O–H groups in total. The second-order valence-electron chi connectivity index (χ2n) is 8.04. The number of nitrogens with one attached hydrogen (secondary N) is 1. The quantitative estimate of drug-likeness (QED) is 0.662. The highest BCUT2D eigenvalue weighted by molar-refractivity contribution is 7.92. The van der Waals surface area contributed by atoms with Gasteiger partial charge in [0.25, 0.3) is 5.91 Å². The molecule has 0 aliphatic carbocycles. The molecule has 0 saturated carbocycles. The number of carbonyl (C=O) groups is 1. The first-order valence-electron chi connectivity index (χ1n) is 10.1. The van der Waals surface area contributed by atoms with Crippen LogP contribution < -0.4 is 9.62 Å². The van der Waals surface area contributed by atoms with Gasteiger partial charge in [-0.2, -0.15) is 0 Å². The number of ether oxygens (including phenoxy) is 1. The van der Waals surface area contributed by atoms with Gasteiger partial charge in [0.1, 0.15) is 11.3 Å². The molecule has 31 heavy (non-hydrogen) atoms. The molecular weight excluding hydrogens is 416 g/mol. The topological polar surface area (TPSA) is 88.8 Å². The maximum atomic E-state index is 12.8. The highest BCUT2D eigenvalue weighted by Crippen LogP contribution is 2.42. The number of hydrogen-bond donors (Lipinski definition) is 1. The van der Waals surface area contributed by atoms with E-state index in [1.165, 1.54) is 10.6 Å². The summed E-state index contributed by atoms with van der Waals surface area (Å²) in [6.45, 7) is 5.92. The molecule has 0 fully saturated rings. The Kier molecular flexibility index (Phi) is 5.31. The van der Waals surface area contributed by atoms with Crippen molar-refractivity contribution in [3.05, 3.63) is 53.1 Å². The van der Waals surface area contributed by atoms with Crippen LogP contribution in [0.3, 0.4) is 0 Å². The summed E-state index contributed by atoms with van der Waals surface area (Å²) < 4.78 is 38.6. The van der Waals surface area contributed by atoms with Crippen molar-refractivity contribution in [3.63, 3.8) is 0 Å². The molecule has 1 aliphatic rings. The Bertz CT molecular complexity index is 1260. The van der Waals surface area contributed by atoms with Gasteiger partial charge in [0, 0.05) is 29.6 Å². The Balaban J connectivity index is 2.03. The minimum atomic E-state index is -3.54. The number of benzene rings is 2. The van der Waals surface area contributed by atoms with E-state index in [-0.39, 0.29) is 24.7 Å². The molecule has 2 atom stereocenters. The first kappa shape index (κ1) is 21.4. The van der Waals surface area contributed by atoms with Crippen LogP contribution in [0.25, 0.3) is 22.3 Å². The van der Waals surface area contributed by atoms with E-state index in [1.807, 2.05) is 51.1 Å². The summed E-state index contributed by atoms with van der Waals surface area (Å²) >= 11 is 0. The van der Waals surface area contributed by atoms with Gasteiger partial charge in [0.05, 0.1) is 36.3 Å². The molecule has 1 aromatic heterocycles. The van der Waals surface area contributed by atoms with Gasteiger partial charge in [0.2, 0.25) is 10.0 Å². The second-order valence-corrected chi connectivity index (χ2v) is 9.95. The summed E-state index contributed by atoms with van der Waals surface area (Å²) in [6, 6.07) is 11.2. The number of aryl methyl sites for hydroxylation is 1. The van der Waals surface area contributed by atoms with E-state index < -0.39 is 10.0 Å². The molecule has 8 heteroatoms. The minimum absolute atomic E-state index is 0.204. The second kappa shape index (κ2) is 7.69. The van der Waals surface area contributed by atoms with Gasteiger partial charge in [-0.25, -0.2) is 8.42 Å². The molecule has 0 saturated heterocycles. The van der Waals surface area contributed by atoms with Crippen LogP contribution in [0.4, 0.5) is 5.69 Å². The predicted molar refractivity (Wildman–Crippen MR) is 121 cm³/mol. The lowest BCUT2D eigenvalue weighted by Crippen LogP contribution is -2.35. The zero-order valence-corrected chi connectivity index (χ0v) is 19.0. The van der Waals surface area contributed by atoms with Crippen LogP contribution in [0.2, 0.25) is 0 Å². The molecule has 0 bridgehead atoms. The van der Waals surface area contributed by atoms with Gasteiger partial charge < -0.3 is 14.5 Å². The van der Waals surface area contributed by atoms with E-state index in [9.17, 15) is 13.2 Å². The molecule has 164 valence electrons. The fourth-order valence-electron chi connectivity index (χ4n) is 4.06. The van der Waals surface area contributed by atoms with E-state index >= 15 is 0 Å². The van der Waals surface area contributed by atoms with Crippen LogP contribution in [0.15, 0.2) is 40.8 Å². The number of sulfonamides is 1. The third kappa shape index (κ3) is 3.81. The Hall–Kier alpha value is -2.84. The number of anilines is 1. The normalized spacial score (nSPS) is 19.2. The van der Waals surface area contributed by atoms with Crippen molar-refractivity contribution in [3.8, 4) is 11.3 Å². The third-order valence-electron chi connectivity index (χ3n) is 5.57. The monoisotopic (exact) mass is 442 g/mol. The first-order chi connectivity index (χ1) is 14.6.